The zero-order chi connectivity index (χ0) is 11.0. The Hall–Kier alpha value is -1.91. The standard InChI is InChI=1S/C10H8FNO3/c11-7-5-6(13)1-2-8(7)12-9(14)3-4-10(12)15/h1-2,5,13H,3-4H2. The molecule has 15 heavy (non-hydrogen) atoms. The Morgan fingerprint density at radius 1 is 1.20 bits per heavy atom. The largest absolute Gasteiger partial charge is 0.508 e. The lowest BCUT2D eigenvalue weighted by atomic mass is 10.2. The molecule has 5 heteroatoms. The first kappa shape index (κ1) is 9.64. The van der Waals surface area contributed by atoms with Crippen molar-refractivity contribution in [3.05, 3.63) is 24.0 Å². The Morgan fingerprint density at radius 3 is 2.33 bits per heavy atom. The molecule has 1 aromatic carbocycles. The minimum atomic E-state index is -0.779. The number of rotatable bonds is 1. The Morgan fingerprint density at radius 2 is 1.80 bits per heavy atom. The predicted molar refractivity (Wildman–Crippen MR) is 49.8 cm³/mol. The van der Waals surface area contributed by atoms with Crippen molar-refractivity contribution in [2.75, 3.05) is 4.90 Å². The molecule has 0 atom stereocenters. The Labute approximate surface area is 84.9 Å². The summed E-state index contributed by atoms with van der Waals surface area (Å²) in [5.74, 6) is -1.84. The van der Waals surface area contributed by atoms with Gasteiger partial charge in [0.1, 0.15) is 5.75 Å². The van der Waals surface area contributed by atoms with Crippen LogP contribution in [0.15, 0.2) is 18.2 Å². The van der Waals surface area contributed by atoms with E-state index in [1.807, 2.05) is 0 Å². The summed E-state index contributed by atoms with van der Waals surface area (Å²) in [6.07, 6.45) is 0.221. The van der Waals surface area contributed by atoms with Gasteiger partial charge >= 0.3 is 0 Å². The molecule has 2 rings (SSSR count). The molecule has 1 heterocycles. The molecule has 1 aromatic rings. The normalized spacial score (nSPS) is 16.2. The highest BCUT2D eigenvalue weighted by Gasteiger charge is 2.31. The van der Waals surface area contributed by atoms with E-state index in [0.717, 1.165) is 11.0 Å². The Bertz CT molecular complexity index is 428. The van der Waals surface area contributed by atoms with E-state index in [4.69, 9.17) is 5.11 Å². The zero-order valence-electron chi connectivity index (χ0n) is 7.74. The minimum Gasteiger partial charge on any atom is -0.508 e. The highest BCUT2D eigenvalue weighted by Crippen LogP contribution is 2.27. The highest BCUT2D eigenvalue weighted by atomic mass is 19.1. The van der Waals surface area contributed by atoms with Crippen LogP contribution in [-0.4, -0.2) is 16.9 Å². The molecule has 0 bridgehead atoms. The van der Waals surface area contributed by atoms with Crippen molar-refractivity contribution in [1.29, 1.82) is 0 Å². The maximum absolute atomic E-state index is 13.3. The van der Waals surface area contributed by atoms with E-state index >= 15 is 0 Å². The minimum absolute atomic E-state index is 0.0969. The van der Waals surface area contributed by atoms with Crippen molar-refractivity contribution in [2.24, 2.45) is 0 Å². The van der Waals surface area contributed by atoms with Gasteiger partial charge < -0.3 is 5.11 Å². The summed E-state index contributed by atoms with van der Waals surface area (Å²) in [6.45, 7) is 0. The molecule has 1 fully saturated rings. The fourth-order valence-corrected chi connectivity index (χ4v) is 1.52. The zero-order valence-corrected chi connectivity index (χ0v) is 7.74. The number of benzene rings is 1. The number of imide groups is 1. The van der Waals surface area contributed by atoms with Crippen LogP contribution < -0.4 is 4.90 Å². The monoisotopic (exact) mass is 209 g/mol. The van der Waals surface area contributed by atoms with Crippen molar-refractivity contribution < 1.29 is 19.1 Å². The number of phenolic OH excluding ortho intramolecular Hbond substituents is 1. The fraction of sp³-hybridized carbons (Fsp3) is 0.200. The van der Waals surface area contributed by atoms with Crippen LogP contribution in [0.1, 0.15) is 12.8 Å². The quantitative estimate of drug-likeness (QED) is 0.706. The van der Waals surface area contributed by atoms with E-state index in [2.05, 4.69) is 0 Å². The molecule has 0 radical (unpaired) electrons. The molecule has 0 aromatic heterocycles. The van der Waals surface area contributed by atoms with Gasteiger partial charge in [0.05, 0.1) is 5.69 Å². The summed E-state index contributed by atoms with van der Waals surface area (Å²) in [6, 6.07) is 3.32. The number of carbonyl (C=O) groups is 2. The molecule has 1 aliphatic heterocycles. The summed E-state index contributed by atoms with van der Waals surface area (Å²) >= 11 is 0. The number of phenols is 1. The van der Waals surface area contributed by atoms with Gasteiger partial charge in [0, 0.05) is 18.9 Å². The molecule has 0 saturated carbocycles. The van der Waals surface area contributed by atoms with E-state index in [1.165, 1.54) is 12.1 Å². The highest BCUT2D eigenvalue weighted by molar-refractivity contribution is 6.19. The fourth-order valence-electron chi connectivity index (χ4n) is 1.52. The van der Waals surface area contributed by atoms with Gasteiger partial charge in [0.25, 0.3) is 0 Å². The van der Waals surface area contributed by atoms with Crippen LogP contribution in [0.5, 0.6) is 5.75 Å². The number of halogens is 1. The van der Waals surface area contributed by atoms with Crippen molar-refractivity contribution in [3.8, 4) is 5.75 Å². The van der Waals surface area contributed by atoms with Crippen molar-refractivity contribution in [2.45, 2.75) is 12.8 Å². The Balaban J connectivity index is 2.45. The van der Waals surface area contributed by atoms with E-state index in [-0.39, 0.29) is 24.3 Å². The van der Waals surface area contributed by atoms with Crippen LogP contribution >= 0.6 is 0 Å². The first-order valence-electron chi connectivity index (χ1n) is 4.44. The van der Waals surface area contributed by atoms with Gasteiger partial charge in [-0.2, -0.15) is 0 Å². The average Bonchev–Trinajstić information content (AvgIpc) is 2.48. The molecule has 1 N–H and O–H groups in total. The van der Waals surface area contributed by atoms with Gasteiger partial charge in [-0.05, 0) is 12.1 Å². The number of hydrogen-bond donors (Lipinski definition) is 1. The molecule has 0 unspecified atom stereocenters. The summed E-state index contributed by atoms with van der Waals surface area (Å²) in [5.41, 5.74) is -0.0969. The second-order valence-corrected chi connectivity index (χ2v) is 3.26. The molecule has 1 saturated heterocycles. The van der Waals surface area contributed by atoms with E-state index < -0.39 is 17.6 Å². The third kappa shape index (κ3) is 1.56. The second kappa shape index (κ2) is 3.34. The number of hydrogen-bond acceptors (Lipinski definition) is 3. The van der Waals surface area contributed by atoms with Gasteiger partial charge in [-0.1, -0.05) is 0 Å². The predicted octanol–water partition coefficient (Wildman–Crippen LogP) is 1.18. The van der Waals surface area contributed by atoms with Crippen molar-refractivity contribution >= 4 is 17.5 Å². The van der Waals surface area contributed by atoms with Gasteiger partial charge in [-0.3, -0.25) is 9.59 Å². The molecule has 2 amide bonds. The molecular weight excluding hydrogens is 201 g/mol. The van der Waals surface area contributed by atoms with Gasteiger partial charge in [0.2, 0.25) is 11.8 Å². The van der Waals surface area contributed by atoms with E-state index in [0.29, 0.717) is 0 Å². The van der Waals surface area contributed by atoms with Gasteiger partial charge in [-0.15, -0.1) is 0 Å². The van der Waals surface area contributed by atoms with Crippen LogP contribution in [0.3, 0.4) is 0 Å². The van der Waals surface area contributed by atoms with Crippen molar-refractivity contribution in [3.63, 3.8) is 0 Å². The summed E-state index contributed by atoms with van der Waals surface area (Å²) < 4.78 is 13.3. The molecule has 4 nitrogen and oxygen atoms in total. The van der Waals surface area contributed by atoms with Crippen LogP contribution in [0, 0.1) is 5.82 Å². The Kier molecular flexibility index (Phi) is 2.15. The summed E-state index contributed by atoms with van der Waals surface area (Å²) in [5, 5.41) is 8.98. The topological polar surface area (TPSA) is 57.6 Å². The lowest BCUT2D eigenvalue weighted by Crippen LogP contribution is -2.29. The smallest absolute Gasteiger partial charge is 0.234 e. The van der Waals surface area contributed by atoms with Crippen LogP contribution in [0.2, 0.25) is 0 Å². The lowest BCUT2D eigenvalue weighted by Gasteiger charge is -2.14. The van der Waals surface area contributed by atoms with Crippen LogP contribution in [0.4, 0.5) is 10.1 Å². The second-order valence-electron chi connectivity index (χ2n) is 3.26. The molecule has 78 valence electrons. The first-order chi connectivity index (χ1) is 7.09. The van der Waals surface area contributed by atoms with Crippen molar-refractivity contribution in [1.82, 2.24) is 0 Å². The summed E-state index contributed by atoms with van der Waals surface area (Å²) in [4.78, 5) is 23.4. The van der Waals surface area contributed by atoms with E-state index in [1.54, 1.807) is 0 Å². The van der Waals surface area contributed by atoms with E-state index in [9.17, 15) is 14.0 Å². The molecule has 1 aliphatic rings. The van der Waals surface area contributed by atoms with Crippen LogP contribution in [0.25, 0.3) is 0 Å². The van der Waals surface area contributed by atoms with Gasteiger partial charge in [-0.25, -0.2) is 9.29 Å². The third-order valence-corrected chi connectivity index (χ3v) is 2.22. The average molecular weight is 209 g/mol. The number of aromatic hydroxyl groups is 1. The lowest BCUT2D eigenvalue weighted by molar-refractivity contribution is -0.121. The maximum atomic E-state index is 13.3. The number of nitrogens with zero attached hydrogens (tertiary/aromatic N) is 1. The number of anilines is 1. The van der Waals surface area contributed by atoms with Crippen LogP contribution in [-0.2, 0) is 9.59 Å². The molecule has 0 spiro atoms. The van der Waals surface area contributed by atoms with Gasteiger partial charge in [0.15, 0.2) is 5.82 Å². The molecular formula is C10H8FNO3. The summed E-state index contributed by atoms with van der Waals surface area (Å²) in [7, 11) is 0. The first-order valence-corrected chi connectivity index (χ1v) is 4.44. The third-order valence-electron chi connectivity index (χ3n) is 2.22. The molecule has 0 aliphatic carbocycles. The number of carbonyl (C=O) groups excluding carboxylic acids is 2. The maximum Gasteiger partial charge on any atom is 0.234 e. The SMILES string of the molecule is O=C1CCC(=O)N1c1ccc(O)cc1F. The number of amides is 2.